The summed E-state index contributed by atoms with van der Waals surface area (Å²) in [6.07, 6.45) is 9.73. The van der Waals surface area contributed by atoms with E-state index in [1.807, 2.05) is 137 Å². The molecule has 0 spiro atoms. The fourth-order valence-corrected chi connectivity index (χ4v) is 5.03. The molecular weight excluding hydrogens is 516 g/mol. The van der Waals surface area contributed by atoms with E-state index in [4.69, 9.17) is 0 Å². The van der Waals surface area contributed by atoms with Crippen LogP contribution in [0.2, 0.25) is 0 Å². The van der Waals surface area contributed by atoms with Gasteiger partial charge in [0.25, 0.3) is 0 Å². The van der Waals surface area contributed by atoms with Gasteiger partial charge in [-0.05, 0) is 48.5 Å². The van der Waals surface area contributed by atoms with Crippen molar-refractivity contribution in [2.75, 3.05) is 23.4 Å². The van der Waals surface area contributed by atoms with Gasteiger partial charge in [-0.2, -0.15) is 0 Å². The summed E-state index contributed by atoms with van der Waals surface area (Å²) in [4.78, 5) is 4.53. The van der Waals surface area contributed by atoms with Crippen LogP contribution in [0.5, 0.6) is 0 Å². The molecule has 196 valence electrons. The van der Waals surface area contributed by atoms with Crippen molar-refractivity contribution in [1.82, 2.24) is 9.13 Å². The maximum absolute atomic E-state index is 4.53. The zero-order valence-corrected chi connectivity index (χ0v) is 23.6. The van der Waals surface area contributed by atoms with E-state index in [2.05, 4.69) is 30.8 Å². The van der Waals surface area contributed by atoms with Crippen LogP contribution in [0.3, 0.4) is 0 Å². The van der Waals surface area contributed by atoms with Crippen LogP contribution in [0.1, 0.15) is 0 Å². The van der Waals surface area contributed by atoms with E-state index in [0.29, 0.717) is 0 Å². The smallest absolute Gasteiger partial charge is 0.384 e. The van der Waals surface area contributed by atoms with Gasteiger partial charge in [-0.15, -0.1) is 0 Å². The van der Waals surface area contributed by atoms with E-state index >= 15 is 0 Å². The Hall–Kier alpha value is -3.77. The highest BCUT2D eigenvalue weighted by molar-refractivity contribution is 8.76. The molecule has 0 radical (unpaired) electrons. The topological polar surface area (TPSA) is 91.4 Å². The number of nitrogens with one attached hydrogen (secondary N) is 1. The largest absolute Gasteiger partial charge is 0.421 e. The Morgan fingerprint density at radius 3 is 1.79 bits per heavy atom. The summed E-state index contributed by atoms with van der Waals surface area (Å²) in [5.74, 6) is 3.41. The normalized spacial score (nSPS) is 11.9. The van der Waals surface area contributed by atoms with Gasteiger partial charge in [0.2, 0.25) is 0 Å². The van der Waals surface area contributed by atoms with Crippen molar-refractivity contribution in [3.05, 3.63) is 73.3 Å². The number of rotatable bonds is 12. The van der Waals surface area contributed by atoms with Crippen LogP contribution >= 0.6 is 21.6 Å². The average Bonchev–Trinajstić information content (AvgIpc) is 3.43. The van der Waals surface area contributed by atoms with Gasteiger partial charge in [0, 0.05) is 40.2 Å². The van der Waals surface area contributed by atoms with Crippen LogP contribution < -0.4 is 14.5 Å². The number of anilines is 1. The fraction of sp³-hybridized carbons (Fsp3) is 0.269. The number of azo groups is 2. The average molecular weight is 549 g/mol. The van der Waals surface area contributed by atoms with Crippen LogP contribution in [0, 0.1) is 0 Å². The molecule has 2 aromatic heterocycles. The molecule has 0 fully saturated rings. The minimum Gasteiger partial charge on any atom is -0.384 e. The summed E-state index contributed by atoms with van der Waals surface area (Å²) < 4.78 is 7.71. The molecule has 4 aromatic rings. The van der Waals surface area contributed by atoms with E-state index in [0.717, 1.165) is 52.7 Å². The lowest BCUT2D eigenvalue weighted by Crippen LogP contribution is -2.25. The molecule has 1 N–H and O–H groups in total. The third-order valence-electron chi connectivity index (χ3n) is 5.50. The molecule has 0 amide bonds. The molecular formula is C26H32N10S2+2. The summed E-state index contributed by atoms with van der Waals surface area (Å²) in [6, 6.07) is 15.7. The first kappa shape index (κ1) is 27.3. The van der Waals surface area contributed by atoms with Crippen molar-refractivity contribution in [3.8, 4) is 0 Å². The highest BCUT2D eigenvalue weighted by atomic mass is 33.1. The molecule has 12 heteroatoms. The Balaban J connectivity index is 1.11. The molecule has 0 unspecified atom stereocenters. The summed E-state index contributed by atoms with van der Waals surface area (Å²) >= 11 is 0. The van der Waals surface area contributed by atoms with E-state index < -0.39 is 0 Å². The van der Waals surface area contributed by atoms with Crippen molar-refractivity contribution in [3.63, 3.8) is 0 Å². The van der Waals surface area contributed by atoms with Gasteiger partial charge in [0.05, 0.1) is 58.7 Å². The van der Waals surface area contributed by atoms with Crippen LogP contribution in [0.15, 0.2) is 98.8 Å². The second-order valence-corrected chi connectivity index (χ2v) is 11.1. The van der Waals surface area contributed by atoms with Gasteiger partial charge in [-0.25, -0.2) is 18.3 Å². The van der Waals surface area contributed by atoms with Crippen LogP contribution in [-0.2, 0) is 28.2 Å². The molecule has 0 aliphatic rings. The first-order chi connectivity index (χ1) is 18.5. The van der Waals surface area contributed by atoms with Crippen molar-refractivity contribution in [2.24, 2.45) is 53.6 Å². The predicted octanol–water partition coefficient (Wildman–Crippen LogP) is 6.04. The third kappa shape index (κ3) is 7.86. The standard InChI is InChI=1S/C26H31N10S2/c1-33-15-16-34(2)25(33)31-29-23-9-5-21(6-10-23)27-13-19-37-38-20-14-28-22-7-11-24(12-8-22)30-32-26-35(3)17-18-36(26)4/h5-13,15-18H,14,19-20H2,1-4H3/q+1/p+1. The zero-order valence-electron chi connectivity index (χ0n) is 22.0. The molecule has 0 aliphatic carbocycles. The maximum atomic E-state index is 4.53. The zero-order chi connectivity index (χ0) is 26.7. The summed E-state index contributed by atoms with van der Waals surface area (Å²) in [6.45, 7) is 0.881. The second kappa shape index (κ2) is 13.7. The number of imidazole rings is 2. The monoisotopic (exact) mass is 548 g/mol. The molecule has 0 bridgehead atoms. The Labute approximate surface area is 230 Å². The minimum atomic E-state index is 0.783. The first-order valence-electron chi connectivity index (χ1n) is 12.1. The Morgan fingerprint density at radius 1 is 0.737 bits per heavy atom. The molecule has 4 rings (SSSR count). The van der Waals surface area contributed by atoms with Crippen LogP contribution in [0.4, 0.5) is 34.6 Å². The number of hydrogen-bond acceptors (Lipinski definition) is 8. The van der Waals surface area contributed by atoms with Gasteiger partial charge in [-0.3, -0.25) is 4.99 Å². The Kier molecular flexibility index (Phi) is 9.82. The number of hydrogen-bond donors (Lipinski definition) is 1. The van der Waals surface area contributed by atoms with Crippen molar-refractivity contribution in [2.45, 2.75) is 0 Å². The SMILES string of the molecule is Cn1cc[n+](C)c1N=Nc1ccc(/N=C/CSSCCNc2ccc(N=Nc3n(C)cc[n+]3C)cc2)cc1. The lowest BCUT2D eigenvalue weighted by Gasteiger charge is -2.05. The molecule has 2 heterocycles. The Bertz CT molecular complexity index is 1360. The summed E-state index contributed by atoms with van der Waals surface area (Å²) in [5, 5.41) is 20.7. The highest BCUT2D eigenvalue weighted by Gasteiger charge is 2.11. The summed E-state index contributed by atoms with van der Waals surface area (Å²) in [5.41, 5.74) is 3.59. The van der Waals surface area contributed by atoms with Crippen LogP contribution in [0.25, 0.3) is 0 Å². The van der Waals surface area contributed by atoms with Gasteiger partial charge in [0.1, 0.15) is 11.4 Å². The van der Waals surface area contributed by atoms with Crippen molar-refractivity contribution >= 4 is 62.4 Å². The highest BCUT2D eigenvalue weighted by Crippen LogP contribution is 2.23. The lowest BCUT2D eigenvalue weighted by molar-refractivity contribution is -0.657. The molecule has 0 aliphatic heterocycles. The number of benzene rings is 2. The number of nitrogens with zero attached hydrogens (tertiary/aromatic N) is 9. The maximum Gasteiger partial charge on any atom is 0.421 e. The number of aromatic nitrogens is 4. The predicted molar refractivity (Wildman–Crippen MR) is 156 cm³/mol. The molecule has 0 saturated carbocycles. The molecule has 0 atom stereocenters. The van der Waals surface area contributed by atoms with Crippen LogP contribution in [-0.4, -0.2) is 33.4 Å². The van der Waals surface area contributed by atoms with Crippen molar-refractivity contribution < 1.29 is 9.13 Å². The van der Waals surface area contributed by atoms with E-state index in [-0.39, 0.29) is 0 Å². The van der Waals surface area contributed by atoms with Crippen molar-refractivity contribution in [1.29, 1.82) is 0 Å². The minimum absolute atomic E-state index is 0.783. The first-order valence-corrected chi connectivity index (χ1v) is 14.5. The molecule has 38 heavy (non-hydrogen) atoms. The van der Waals surface area contributed by atoms with Gasteiger partial charge >= 0.3 is 11.9 Å². The lowest BCUT2D eigenvalue weighted by atomic mass is 10.3. The number of aryl methyl sites for hydroxylation is 4. The third-order valence-corrected chi connectivity index (χ3v) is 7.73. The Morgan fingerprint density at radius 2 is 1.26 bits per heavy atom. The van der Waals surface area contributed by atoms with E-state index in [1.54, 1.807) is 10.8 Å². The van der Waals surface area contributed by atoms with Gasteiger partial charge in [-0.1, -0.05) is 31.8 Å². The van der Waals surface area contributed by atoms with E-state index in [9.17, 15) is 0 Å². The van der Waals surface area contributed by atoms with Gasteiger partial charge < -0.3 is 5.32 Å². The van der Waals surface area contributed by atoms with Gasteiger partial charge in [0.15, 0.2) is 0 Å². The quantitative estimate of drug-likeness (QED) is 0.0769. The molecule has 0 saturated heterocycles. The number of aliphatic imine (C=N–C) groups is 1. The second-order valence-electron chi connectivity index (χ2n) is 8.45. The molecule has 2 aromatic carbocycles. The molecule has 10 nitrogen and oxygen atoms in total. The summed E-state index contributed by atoms with van der Waals surface area (Å²) in [7, 11) is 11.4. The van der Waals surface area contributed by atoms with E-state index in [1.165, 1.54) is 0 Å². The fourth-order valence-electron chi connectivity index (χ4n) is 3.42.